The first-order valence-electron chi connectivity index (χ1n) is 21.9. The van der Waals surface area contributed by atoms with Crippen molar-refractivity contribution in [3.8, 4) is 0 Å². The van der Waals surface area contributed by atoms with Gasteiger partial charge in [0.15, 0.2) is 22.3 Å². The van der Waals surface area contributed by atoms with Gasteiger partial charge in [-0.3, -0.25) is 9.80 Å². The smallest absolute Gasteiger partial charge is 0.354 e. The van der Waals surface area contributed by atoms with Crippen LogP contribution in [-0.2, 0) is 18.9 Å². The van der Waals surface area contributed by atoms with Crippen LogP contribution in [0.5, 0.6) is 0 Å². The van der Waals surface area contributed by atoms with Crippen molar-refractivity contribution in [3.05, 3.63) is 96.4 Å². The summed E-state index contributed by atoms with van der Waals surface area (Å²) < 4.78 is 40.8. The molecule has 0 radical (unpaired) electrons. The average molecular weight is 969 g/mol. The monoisotopic (exact) mass is 968 g/mol. The van der Waals surface area contributed by atoms with E-state index in [4.69, 9.17) is 63.5 Å². The number of fused-ring (bicyclic) bond motifs is 4. The maximum absolute atomic E-state index is 11.8. The molecule has 21 nitrogen and oxygen atoms in total. The minimum atomic E-state index is -0.976. The number of carbonyl (C=O) groups excluding carboxylic acids is 2. The summed E-state index contributed by atoms with van der Waals surface area (Å²) in [4.78, 5) is 59.8. The third-order valence-corrected chi connectivity index (χ3v) is 9.94. The van der Waals surface area contributed by atoms with E-state index in [1.807, 2.05) is 13.8 Å². The first-order valence-corrected chi connectivity index (χ1v) is 22.4. The molecule has 10 heterocycles. The zero-order chi connectivity index (χ0) is 48.7. The van der Waals surface area contributed by atoms with E-state index in [2.05, 4.69) is 29.7 Å². The number of carboxylic acid groups (broad SMARTS) is 2. The minimum absolute atomic E-state index is 0.152. The van der Waals surface area contributed by atoms with Gasteiger partial charge in [0.05, 0.1) is 80.2 Å². The Kier molecular flexibility index (Phi) is 21.3. The molecule has 2 aliphatic rings. The number of aromatic nitrogens is 4. The number of aliphatic hydroxyl groups is 1. The van der Waals surface area contributed by atoms with Crippen molar-refractivity contribution in [1.82, 2.24) is 29.7 Å². The lowest BCUT2D eigenvalue weighted by atomic mass is 10.4. The van der Waals surface area contributed by atoms with Crippen molar-refractivity contribution < 1.29 is 71.1 Å². The van der Waals surface area contributed by atoms with E-state index in [9.17, 15) is 19.2 Å². The molecule has 8 aromatic rings. The van der Waals surface area contributed by atoms with Gasteiger partial charge < -0.3 is 71.9 Å². The molecule has 0 aliphatic carbocycles. The number of carboxylic acids is 2. The van der Waals surface area contributed by atoms with Crippen LogP contribution in [0, 0.1) is 0 Å². The van der Waals surface area contributed by atoms with Crippen LogP contribution in [0.2, 0.25) is 0 Å². The highest BCUT2D eigenvalue weighted by molar-refractivity contribution is 6.18. The Morgan fingerprint density at radius 3 is 1.22 bits per heavy atom. The van der Waals surface area contributed by atoms with E-state index in [0.717, 1.165) is 95.5 Å². The van der Waals surface area contributed by atoms with E-state index in [-0.39, 0.29) is 23.3 Å². The van der Waals surface area contributed by atoms with Crippen LogP contribution in [0.25, 0.3) is 44.4 Å². The van der Waals surface area contributed by atoms with Crippen molar-refractivity contribution >= 4 is 79.9 Å². The van der Waals surface area contributed by atoms with Crippen LogP contribution in [0.4, 0.5) is 0 Å². The number of nitrogens with zero attached hydrogens (tertiary/aromatic N) is 2. The lowest BCUT2D eigenvalue weighted by Gasteiger charge is -2.26. The van der Waals surface area contributed by atoms with Gasteiger partial charge in [0, 0.05) is 100 Å². The highest BCUT2D eigenvalue weighted by Gasteiger charge is 2.16. The highest BCUT2D eigenvalue weighted by atomic mass is 35.5. The number of nitrogens with one attached hydrogen (secondary N) is 4. The second kappa shape index (κ2) is 27.8. The number of esters is 2. The van der Waals surface area contributed by atoms with Gasteiger partial charge in [0.1, 0.15) is 29.4 Å². The predicted octanol–water partition coefficient (Wildman–Crippen LogP) is 7.44. The number of aromatic amines is 4. The van der Waals surface area contributed by atoms with Gasteiger partial charge in [-0.25, -0.2) is 19.2 Å². The summed E-state index contributed by atoms with van der Waals surface area (Å²) >= 11 is 5.55. The lowest BCUT2D eigenvalue weighted by Crippen LogP contribution is -2.38. The number of halogens is 1. The van der Waals surface area contributed by atoms with Crippen molar-refractivity contribution in [2.75, 3.05) is 91.4 Å². The Balaban J connectivity index is 0.000000159. The average Bonchev–Trinajstić information content (AvgIpc) is 4.18. The number of morpholine rings is 2. The van der Waals surface area contributed by atoms with Crippen molar-refractivity contribution in [2.45, 2.75) is 26.7 Å². The molecule has 22 heteroatoms. The van der Waals surface area contributed by atoms with Gasteiger partial charge >= 0.3 is 23.9 Å². The molecule has 68 heavy (non-hydrogen) atoms. The summed E-state index contributed by atoms with van der Waals surface area (Å²) in [7, 11) is 0. The topological polar surface area (TPSA) is 288 Å². The van der Waals surface area contributed by atoms with Crippen LogP contribution in [0.15, 0.2) is 91.3 Å². The predicted molar refractivity (Wildman–Crippen MR) is 250 cm³/mol. The van der Waals surface area contributed by atoms with Crippen molar-refractivity contribution in [3.63, 3.8) is 0 Å². The molecule has 2 fully saturated rings. The van der Waals surface area contributed by atoms with Gasteiger partial charge in [-0.2, -0.15) is 0 Å². The number of hydrogen-bond donors (Lipinski definition) is 7. The van der Waals surface area contributed by atoms with Gasteiger partial charge in [0.2, 0.25) is 0 Å². The maximum atomic E-state index is 11.8. The van der Waals surface area contributed by atoms with Gasteiger partial charge in [0.25, 0.3) is 0 Å². The summed E-state index contributed by atoms with van der Waals surface area (Å²) in [5.41, 5.74) is 6.69. The summed E-state index contributed by atoms with van der Waals surface area (Å²) in [6.45, 7) is 13.9. The van der Waals surface area contributed by atoms with Crippen LogP contribution >= 0.6 is 11.6 Å². The Morgan fingerprint density at radius 1 is 0.559 bits per heavy atom. The zero-order valence-corrected chi connectivity index (χ0v) is 38.5. The second-order valence-corrected chi connectivity index (χ2v) is 15.1. The summed E-state index contributed by atoms with van der Waals surface area (Å²) in [6.07, 6.45) is 7.86. The first-order chi connectivity index (χ1) is 33.0. The van der Waals surface area contributed by atoms with E-state index in [0.29, 0.717) is 64.6 Å². The molecule has 0 saturated carbocycles. The van der Waals surface area contributed by atoms with Gasteiger partial charge in [-0.15, -0.1) is 11.6 Å². The van der Waals surface area contributed by atoms with E-state index in [1.54, 1.807) is 48.9 Å². The third kappa shape index (κ3) is 16.2. The number of furan rings is 4. The summed E-state index contributed by atoms with van der Waals surface area (Å²) in [6, 6.07) is 13.1. The van der Waals surface area contributed by atoms with Crippen LogP contribution < -0.4 is 0 Å². The molecule has 2 aliphatic heterocycles. The van der Waals surface area contributed by atoms with Crippen LogP contribution in [0.1, 0.15) is 68.6 Å². The number of aromatic carboxylic acids is 2. The number of hydrogen-bond acceptors (Lipinski definition) is 15. The number of aliphatic hydroxyl groups excluding tert-OH is 1. The van der Waals surface area contributed by atoms with Crippen LogP contribution in [-0.4, -0.2) is 160 Å². The molecule has 0 aromatic carbocycles. The third-order valence-electron chi connectivity index (χ3n) is 9.77. The summed E-state index contributed by atoms with van der Waals surface area (Å²) in [5.74, 6) is -1.90. The number of ether oxygens (including phenoxy) is 4. The number of rotatable bonds is 12. The van der Waals surface area contributed by atoms with Gasteiger partial charge in [-0.1, -0.05) is 13.8 Å². The molecule has 0 atom stereocenters. The van der Waals surface area contributed by atoms with Crippen molar-refractivity contribution in [1.29, 1.82) is 0 Å². The molecule has 0 unspecified atom stereocenters. The quantitative estimate of drug-likeness (QED) is 0.0462. The van der Waals surface area contributed by atoms with Gasteiger partial charge in [-0.05, 0) is 12.8 Å². The highest BCUT2D eigenvalue weighted by Crippen LogP contribution is 2.19. The molecule has 368 valence electrons. The fourth-order valence-corrected chi connectivity index (χ4v) is 6.47. The lowest BCUT2D eigenvalue weighted by molar-refractivity contribution is 0.0193. The van der Waals surface area contributed by atoms with E-state index in [1.165, 1.54) is 24.7 Å². The molecule has 8 aromatic heterocycles. The molecule has 0 spiro atoms. The Hall–Kier alpha value is -6.75. The summed E-state index contributed by atoms with van der Waals surface area (Å²) in [5, 5.41) is 24.9. The molecule has 0 bridgehead atoms. The number of alkyl halides is 1. The fourth-order valence-electron chi connectivity index (χ4n) is 6.23. The Labute approximate surface area is 394 Å². The number of carbonyl (C=O) groups is 4. The van der Waals surface area contributed by atoms with E-state index < -0.39 is 11.9 Å². The largest absolute Gasteiger partial charge is 0.477 e. The normalized spacial score (nSPS) is 13.7. The molecular weight excluding hydrogens is 912 g/mol. The minimum Gasteiger partial charge on any atom is -0.477 e. The number of H-pyrrole nitrogens is 4. The molecule has 10 rings (SSSR count). The Bertz CT molecular complexity index is 2510. The Morgan fingerprint density at radius 2 is 0.897 bits per heavy atom. The fraction of sp³-hybridized carbons (Fsp3) is 0.391. The standard InChI is InChI=1S/C13H16N2O4.C10H11NO3.2C7H5NO3.C6H12ClNO.C3H8O/c16-13(11-9-12-10(14-11)1-5-18-12)19-8-4-15-2-6-17-7-3-15;1-2-4-14-10(12)8-6-9-7(11-8)3-5-13-9;2*9-7(10)5-3-6-4(8-5)1-2-11-6;7-1-2-8-3-5-9-6-4-8;1-2-3-4/h1,5,9,14H,2-4,6-8H2;3,5-6,11H,2,4H2,1H3;2*1-3,8H,(H,9,10);1-6H2;4H,2-3H2,1H3. The molecule has 2 saturated heterocycles. The molecule has 7 N–H and O–H groups in total. The van der Waals surface area contributed by atoms with Crippen LogP contribution in [0.3, 0.4) is 0 Å². The maximum Gasteiger partial charge on any atom is 0.354 e. The second-order valence-electron chi connectivity index (χ2n) is 14.7. The molecule has 0 amide bonds. The van der Waals surface area contributed by atoms with Crippen molar-refractivity contribution in [2.24, 2.45) is 0 Å². The SMILES string of the molecule is CCCO.CCCOC(=O)c1cc2occc2[nH]1.ClCCN1CCOCC1.O=C(O)c1cc2occc2[nH]1.O=C(O)c1cc2occc2[nH]1.O=C(OCCN1CCOCC1)c1cc2occc2[nH]1. The molecular formula is C46H57ClN6O15. The van der Waals surface area contributed by atoms with E-state index >= 15 is 0 Å². The zero-order valence-electron chi connectivity index (χ0n) is 37.8. The first kappa shape index (κ1) is 52.2.